The zero-order valence-electron chi connectivity index (χ0n) is 16.3. The van der Waals surface area contributed by atoms with Crippen LogP contribution in [0.15, 0.2) is 41.5 Å². The lowest BCUT2D eigenvalue weighted by Gasteiger charge is -2.12. The summed E-state index contributed by atoms with van der Waals surface area (Å²) in [5.41, 5.74) is 6.28. The van der Waals surface area contributed by atoms with Crippen molar-refractivity contribution in [3.05, 3.63) is 64.5 Å². The molecular weight excluding hydrogens is 435 g/mol. The minimum absolute atomic E-state index is 0. The molecule has 0 atom stereocenters. The van der Waals surface area contributed by atoms with E-state index >= 15 is 0 Å². The second kappa shape index (κ2) is 11.9. The van der Waals surface area contributed by atoms with Crippen LogP contribution in [-0.4, -0.2) is 30.6 Å². The topological polar surface area (TPSA) is 49.3 Å². The highest BCUT2D eigenvalue weighted by molar-refractivity contribution is 14.0. The highest BCUT2D eigenvalue weighted by Gasteiger charge is 2.00. The van der Waals surface area contributed by atoms with Crippen LogP contribution in [0.3, 0.4) is 0 Å². The van der Waals surface area contributed by atoms with Gasteiger partial charge in [-0.3, -0.25) is 9.98 Å². The summed E-state index contributed by atoms with van der Waals surface area (Å²) in [6, 6.07) is 10.9. The van der Waals surface area contributed by atoms with Gasteiger partial charge in [0.1, 0.15) is 0 Å². The lowest BCUT2D eigenvalue weighted by atomic mass is 10.1. The first-order valence-corrected chi connectivity index (χ1v) is 9.07. The van der Waals surface area contributed by atoms with Gasteiger partial charge in [0, 0.05) is 31.5 Å². The lowest BCUT2D eigenvalue weighted by molar-refractivity contribution is 0.795. The van der Waals surface area contributed by atoms with E-state index in [0.29, 0.717) is 0 Å². The van der Waals surface area contributed by atoms with Crippen LogP contribution >= 0.6 is 24.0 Å². The van der Waals surface area contributed by atoms with Crippen LogP contribution in [0.4, 0.5) is 0 Å². The van der Waals surface area contributed by atoms with Gasteiger partial charge in [-0.1, -0.05) is 35.4 Å². The average molecular weight is 466 g/mol. The highest BCUT2D eigenvalue weighted by atomic mass is 127. The van der Waals surface area contributed by atoms with Gasteiger partial charge < -0.3 is 10.6 Å². The summed E-state index contributed by atoms with van der Waals surface area (Å²) in [7, 11) is 0. The first-order valence-electron chi connectivity index (χ1n) is 9.07. The molecule has 0 saturated carbocycles. The van der Waals surface area contributed by atoms with Crippen molar-refractivity contribution in [2.75, 3.05) is 19.6 Å². The van der Waals surface area contributed by atoms with Gasteiger partial charge in [-0.15, -0.1) is 24.0 Å². The maximum absolute atomic E-state index is 4.66. The molecule has 0 fully saturated rings. The number of halogens is 1. The lowest BCUT2D eigenvalue weighted by Crippen LogP contribution is -2.38. The van der Waals surface area contributed by atoms with Crippen LogP contribution in [0.1, 0.15) is 34.9 Å². The van der Waals surface area contributed by atoms with Gasteiger partial charge >= 0.3 is 0 Å². The number of aliphatic imine (C=N–C) groups is 1. The monoisotopic (exact) mass is 466 g/mol. The van der Waals surface area contributed by atoms with E-state index in [2.05, 4.69) is 65.6 Å². The molecule has 0 saturated heterocycles. The number of hydrogen-bond donors (Lipinski definition) is 2. The molecule has 1 heterocycles. The molecule has 0 amide bonds. The van der Waals surface area contributed by atoms with E-state index in [-0.39, 0.29) is 24.0 Å². The molecule has 1 aromatic carbocycles. The molecule has 0 aliphatic rings. The van der Waals surface area contributed by atoms with Crippen LogP contribution in [0, 0.1) is 20.8 Å². The molecule has 4 nitrogen and oxygen atoms in total. The Morgan fingerprint density at radius 3 is 2.31 bits per heavy atom. The number of pyridine rings is 1. The summed E-state index contributed by atoms with van der Waals surface area (Å²) in [5.74, 6) is 0.881. The molecule has 2 N–H and O–H groups in total. The van der Waals surface area contributed by atoms with Crippen molar-refractivity contribution >= 4 is 29.9 Å². The number of aryl methyl sites for hydroxylation is 3. The molecule has 142 valence electrons. The summed E-state index contributed by atoms with van der Waals surface area (Å²) in [5, 5.41) is 6.74. The fourth-order valence-electron chi connectivity index (χ4n) is 2.82. The van der Waals surface area contributed by atoms with Crippen molar-refractivity contribution in [3.8, 4) is 0 Å². The van der Waals surface area contributed by atoms with Gasteiger partial charge in [-0.2, -0.15) is 0 Å². The standard InChI is InChI=1S/C21H30N4.HI/c1-5-22-21(23-10-8-19-7-6-18(4)25-15-19)24-11-9-20-13-16(2)12-17(3)14-20;/h6-7,12-15H,5,8-11H2,1-4H3,(H2,22,23,24);1H. The van der Waals surface area contributed by atoms with E-state index in [1.54, 1.807) is 0 Å². The molecule has 0 radical (unpaired) electrons. The van der Waals surface area contributed by atoms with E-state index in [1.165, 1.54) is 22.3 Å². The quantitative estimate of drug-likeness (QED) is 0.369. The summed E-state index contributed by atoms with van der Waals surface area (Å²) >= 11 is 0. The fraction of sp³-hybridized carbons (Fsp3) is 0.429. The summed E-state index contributed by atoms with van der Waals surface area (Å²) in [6.07, 6.45) is 3.83. The first kappa shape index (κ1) is 22.4. The molecule has 0 unspecified atom stereocenters. The second-order valence-corrected chi connectivity index (χ2v) is 6.49. The smallest absolute Gasteiger partial charge is 0.191 e. The predicted octanol–water partition coefficient (Wildman–Crippen LogP) is 3.97. The molecule has 0 bridgehead atoms. The van der Waals surface area contributed by atoms with Crippen molar-refractivity contribution in [3.63, 3.8) is 0 Å². The van der Waals surface area contributed by atoms with Crippen molar-refractivity contribution in [2.45, 2.75) is 40.5 Å². The maximum Gasteiger partial charge on any atom is 0.191 e. The highest BCUT2D eigenvalue weighted by Crippen LogP contribution is 2.09. The molecule has 5 heteroatoms. The number of benzene rings is 1. The Kier molecular flexibility index (Phi) is 10.2. The Morgan fingerprint density at radius 2 is 1.69 bits per heavy atom. The zero-order valence-corrected chi connectivity index (χ0v) is 18.6. The zero-order chi connectivity index (χ0) is 18.1. The Labute approximate surface area is 174 Å². The summed E-state index contributed by atoms with van der Waals surface area (Å²) in [4.78, 5) is 8.99. The third kappa shape index (κ3) is 8.17. The predicted molar refractivity (Wildman–Crippen MR) is 122 cm³/mol. The molecule has 1 aromatic heterocycles. The van der Waals surface area contributed by atoms with E-state index in [1.807, 2.05) is 19.2 Å². The van der Waals surface area contributed by atoms with Crippen LogP contribution < -0.4 is 10.6 Å². The molecule has 26 heavy (non-hydrogen) atoms. The van der Waals surface area contributed by atoms with Gasteiger partial charge in [0.2, 0.25) is 0 Å². The molecule has 0 aliphatic carbocycles. The number of hydrogen-bond acceptors (Lipinski definition) is 2. The van der Waals surface area contributed by atoms with Crippen LogP contribution in [-0.2, 0) is 12.8 Å². The number of nitrogens with one attached hydrogen (secondary N) is 2. The molecule has 0 spiro atoms. The average Bonchev–Trinajstić information content (AvgIpc) is 2.56. The fourth-order valence-corrected chi connectivity index (χ4v) is 2.82. The van der Waals surface area contributed by atoms with E-state index in [0.717, 1.165) is 44.1 Å². The number of guanidine groups is 1. The Bertz CT molecular complexity index is 675. The van der Waals surface area contributed by atoms with Crippen LogP contribution in [0.25, 0.3) is 0 Å². The van der Waals surface area contributed by atoms with Crippen molar-refractivity contribution in [1.29, 1.82) is 0 Å². The minimum Gasteiger partial charge on any atom is -0.357 e. The Morgan fingerprint density at radius 1 is 0.962 bits per heavy atom. The minimum atomic E-state index is 0. The third-order valence-corrected chi connectivity index (χ3v) is 3.97. The normalized spacial score (nSPS) is 11.0. The Balaban J connectivity index is 0.00000338. The first-order chi connectivity index (χ1) is 12.1. The van der Waals surface area contributed by atoms with Crippen LogP contribution in [0.5, 0.6) is 0 Å². The second-order valence-electron chi connectivity index (χ2n) is 6.49. The van der Waals surface area contributed by atoms with Gasteiger partial charge in [-0.25, -0.2) is 0 Å². The largest absolute Gasteiger partial charge is 0.357 e. The number of nitrogens with zero attached hydrogens (tertiary/aromatic N) is 2. The molecule has 2 rings (SSSR count). The number of rotatable bonds is 7. The van der Waals surface area contributed by atoms with Crippen molar-refractivity contribution in [2.24, 2.45) is 4.99 Å². The van der Waals surface area contributed by atoms with E-state index in [9.17, 15) is 0 Å². The van der Waals surface area contributed by atoms with Crippen LogP contribution in [0.2, 0.25) is 0 Å². The van der Waals surface area contributed by atoms with Gasteiger partial charge in [-0.05, 0) is 57.7 Å². The molecule has 0 aliphatic heterocycles. The molecular formula is C21H31IN4. The summed E-state index contributed by atoms with van der Waals surface area (Å²) in [6.45, 7) is 10.9. The maximum atomic E-state index is 4.66. The van der Waals surface area contributed by atoms with Gasteiger partial charge in [0.15, 0.2) is 5.96 Å². The SMILES string of the molecule is CCNC(=NCCc1ccc(C)nc1)NCCc1cc(C)cc(C)c1.I. The van der Waals surface area contributed by atoms with E-state index in [4.69, 9.17) is 0 Å². The van der Waals surface area contributed by atoms with Gasteiger partial charge in [0.25, 0.3) is 0 Å². The third-order valence-electron chi connectivity index (χ3n) is 3.97. The summed E-state index contributed by atoms with van der Waals surface area (Å²) < 4.78 is 0. The van der Waals surface area contributed by atoms with Gasteiger partial charge in [0.05, 0.1) is 0 Å². The van der Waals surface area contributed by atoms with Crippen molar-refractivity contribution < 1.29 is 0 Å². The van der Waals surface area contributed by atoms with Crippen molar-refractivity contribution in [1.82, 2.24) is 15.6 Å². The van der Waals surface area contributed by atoms with E-state index < -0.39 is 0 Å². The number of aromatic nitrogens is 1. The molecule has 2 aromatic rings. The Hall–Kier alpha value is -1.63.